The normalized spacial score (nSPS) is 12.1. The Morgan fingerprint density at radius 1 is 1.16 bits per heavy atom. The van der Waals surface area contributed by atoms with Crippen molar-refractivity contribution in [3.63, 3.8) is 0 Å². The van der Waals surface area contributed by atoms with E-state index in [0.29, 0.717) is 12.3 Å². The van der Waals surface area contributed by atoms with E-state index in [-0.39, 0.29) is 23.5 Å². The second-order valence-corrected chi connectivity index (χ2v) is 5.33. The van der Waals surface area contributed by atoms with Gasteiger partial charge in [-0.3, -0.25) is 4.79 Å². The van der Waals surface area contributed by atoms with Crippen LogP contribution < -0.4 is 10.1 Å². The highest BCUT2D eigenvalue weighted by Gasteiger charge is 2.11. The highest BCUT2D eigenvalue weighted by molar-refractivity contribution is 5.91. The van der Waals surface area contributed by atoms with Crippen molar-refractivity contribution in [2.45, 2.75) is 6.10 Å². The van der Waals surface area contributed by atoms with Crippen LogP contribution in [0.15, 0.2) is 48.5 Å². The van der Waals surface area contributed by atoms with Crippen LogP contribution >= 0.6 is 0 Å². The summed E-state index contributed by atoms with van der Waals surface area (Å²) in [5.74, 6) is 0.290. The number of nitrogens with one attached hydrogen (secondary N) is 1. The molecule has 0 spiro atoms. The molecule has 0 heterocycles. The molecule has 132 valence electrons. The summed E-state index contributed by atoms with van der Waals surface area (Å²) in [5, 5.41) is 21.6. The first-order valence-corrected chi connectivity index (χ1v) is 7.68. The van der Waals surface area contributed by atoms with Crippen LogP contribution in [0.1, 0.15) is 17.2 Å². The van der Waals surface area contributed by atoms with Crippen LogP contribution in [-0.4, -0.2) is 36.9 Å². The number of phenolic OH excluding ortho intramolecular Hbond substituents is 2. The van der Waals surface area contributed by atoms with E-state index >= 15 is 0 Å². The molecular formula is C19H21NO5. The summed E-state index contributed by atoms with van der Waals surface area (Å²) < 4.78 is 10.4. The molecule has 1 amide bonds. The number of phenols is 2. The van der Waals surface area contributed by atoms with E-state index in [9.17, 15) is 15.0 Å². The molecular weight excluding hydrogens is 322 g/mol. The zero-order chi connectivity index (χ0) is 18.2. The smallest absolute Gasteiger partial charge is 0.244 e. The van der Waals surface area contributed by atoms with E-state index < -0.39 is 0 Å². The van der Waals surface area contributed by atoms with Crippen molar-refractivity contribution in [2.75, 3.05) is 20.8 Å². The van der Waals surface area contributed by atoms with E-state index in [1.165, 1.54) is 19.3 Å². The van der Waals surface area contributed by atoms with Crippen LogP contribution in [0, 0.1) is 0 Å². The zero-order valence-electron chi connectivity index (χ0n) is 14.1. The van der Waals surface area contributed by atoms with Gasteiger partial charge in [-0.1, -0.05) is 18.2 Å². The van der Waals surface area contributed by atoms with Crippen LogP contribution in [-0.2, 0) is 9.53 Å². The number of amides is 1. The summed E-state index contributed by atoms with van der Waals surface area (Å²) >= 11 is 0. The number of hydrogen-bond acceptors (Lipinski definition) is 5. The monoisotopic (exact) mass is 343 g/mol. The number of rotatable bonds is 7. The van der Waals surface area contributed by atoms with Gasteiger partial charge in [-0.25, -0.2) is 0 Å². The second-order valence-electron chi connectivity index (χ2n) is 5.33. The second kappa shape index (κ2) is 8.75. The Hall–Kier alpha value is -2.99. The molecule has 0 aliphatic carbocycles. The Morgan fingerprint density at radius 3 is 2.52 bits per heavy atom. The number of methoxy groups -OCH3 is 2. The fraction of sp³-hybridized carbons (Fsp3) is 0.211. The summed E-state index contributed by atoms with van der Waals surface area (Å²) in [6.45, 7) is 0.295. The topological polar surface area (TPSA) is 88.0 Å². The number of aromatic hydroxyl groups is 2. The van der Waals surface area contributed by atoms with Gasteiger partial charge >= 0.3 is 0 Å². The molecule has 3 N–H and O–H groups in total. The lowest BCUT2D eigenvalue weighted by Gasteiger charge is -2.16. The molecule has 2 rings (SSSR count). The predicted molar refractivity (Wildman–Crippen MR) is 94.6 cm³/mol. The van der Waals surface area contributed by atoms with Crippen LogP contribution in [0.5, 0.6) is 17.2 Å². The largest absolute Gasteiger partial charge is 0.508 e. The first kappa shape index (κ1) is 18.4. The molecule has 0 aliphatic heterocycles. The SMILES string of the molecule is COc1cc(/C=C/C(=O)NCC(OC)c2ccc(O)cc2)ccc1O. The number of ether oxygens (including phenoxy) is 2. The van der Waals surface area contributed by atoms with E-state index in [0.717, 1.165) is 11.1 Å². The van der Waals surface area contributed by atoms with Gasteiger partial charge in [0.2, 0.25) is 5.91 Å². The van der Waals surface area contributed by atoms with Gasteiger partial charge in [0.05, 0.1) is 13.2 Å². The molecule has 2 aromatic rings. The molecule has 0 bridgehead atoms. The maximum atomic E-state index is 12.0. The molecule has 0 fully saturated rings. The molecule has 0 radical (unpaired) electrons. The minimum atomic E-state index is -0.313. The van der Waals surface area contributed by atoms with Crippen molar-refractivity contribution >= 4 is 12.0 Å². The molecule has 6 heteroatoms. The van der Waals surface area contributed by atoms with Gasteiger partial charge in [0.25, 0.3) is 0 Å². The quantitative estimate of drug-likeness (QED) is 0.673. The average Bonchev–Trinajstić information content (AvgIpc) is 2.63. The third-order valence-corrected chi connectivity index (χ3v) is 3.64. The fourth-order valence-electron chi connectivity index (χ4n) is 2.25. The lowest BCUT2D eigenvalue weighted by Crippen LogP contribution is -2.27. The van der Waals surface area contributed by atoms with Crippen molar-refractivity contribution in [2.24, 2.45) is 0 Å². The summed E-state index contributed by atoms with van der Waals surface area (Å²) in [6.07, 6.45) is 2.71. The van der Waals surface area contributed by atoms with E-state index in [2.05, 4.69) is 5.32 Å². The minimum absolute atomic E-state index is 0.0425. The zero-order valence-corrected chi connectivity index (χ0v) is 14.1. The Labute approximate surface area is 146 Å². The molecule has 0 aliphatic rings. The van der Waals surface area contributed by atoms with Gasteiger partial charge < -0.3 is 25.0 Å². The first-order valence-electron chi connectivity index (χ1n) is 7.68. The van der Waals surface area contributed by atoms with Gasteiger partial charge in [-0.15, -0.1) is 0 Å². The number of hydrogen-bond donors (Lipinski definition) is 3. The van der Waals surface area contributed by atoms with Crippen LogP contribution in [0.2, 0.25) is 0 Å². The van der Waals surface area contributed by atoms with E-state index in [1.54, 1.807) is 49.6 Å². The number of benzene rings is 2. The van der Waals surface area contributed by atoms with Crippen molar-refractivity contribution in [3.8, 4) is 17.2 Å². The summed E-state index contributed by atoms with van der Waals surface area (Å²) in [6, 6.07) is 11.4. The Bertz CT molecular complexity index is 740. The molecule has 6 nitrogen and oxygen atoms in total. The Kier molecular flexibility index (Phi) is 6.42. The molecule has 1 unspecified atom stereocenters. The van der Waals surface area contributed by atoms with Crippen LogP contribution in [0.3, 0.4) is 0 Å². The van der Waals surface area contributed by atoms with Gasteiger partial charge in [-0.05, 0) is 41.5 Å². The average molecular weight is 343 g/mol. The molecule has 25 heavy (non-hydrogen) atoms. The Morgan fingerprint density at radius 2 is 1.88 bits per heavy atom. The lowest BCUT2D eigenvalue weighted by atomic mass is 10.1. The maximum Gasteiger partial charge on any atom is 0.244 e. The maximum absolute atomic E-state index is 12.0. The van der Waals surface area contributed by atoms with Crippen molar-refractivity contribution in [1.29, 1.82) is 0 Å². The third kappa shape index (κ3) is 5.26. The van der Waals surface area contributed by atoms with Crippen LogP contribution in [0.25, 0.3) is 6.08 Å². The number of carbonyl (C=O) groups excluding carboxylic acids is 1. The van der Waals surface area contributed by atoms with Crippen molar-refractivity contribution < 1.29 is 24.5 Å². The summed E-state index contributed by atoms with van der Waals surface area (Å²) in [4.78, 5) is 12.0. The van der Waals surface area contributed by atoms with Gasteiger partial charge in [-0.2, -0.15) is 0 Å². The highest BCUT2D eigenvalue weighted by atomic mass is 16.5. The van der Waals surface area contributed by atoms with Crippen molar-refractivity contribution in [1.82, 2.24) is 5.32 Å². The van der Waals surface area contributed by atoms with E-state index in [1.807, 2.05) is 0 Å². The van der Waals surface area contributed by atoms with Gasteiger partial charge in [0, 0.05) is 19.7 Å². The van der Waals surface area contributed by atoms with Gasteiger partial charge in [0.15, 0.2) is 11.5 Å². The Balaban J connectivity index is 1.94. The highest BCUT2D eigenvalue weighted by Crippen LogP contribution is 2.26. The molecule has 0 saturated heterocycles. The molecule has 0 saturated carbocycles. The molecule has 1 atom stereocenters. The van der Waals surface area contributed by atoms with Gasteiger partial charge in [0.1, 0.15) is 5.75 Å². The lowest BCUT2D eigenvalue weighted by molar-refractivity contribution is -0.117. The predicted octanol–water partition coefficient (Wildman–Crippen LogP) is 2.62. The molecule has 2 aromatic carbocycles. The van der Waals surface area contributed by atoms with Crippen LogP contribution in [0.4, 0.5) is 0 Å². The minimum Gasteiger partial charge on any atom is -0.508 e. The standard InChI is InChI=1S/C19H21NO5/c1-24-17-11-13(3-9-16(17)22)4-10-19(23)20-12-18(25-2)14-5-7-15(21)8-6-14/h3-11,18,21-22H,12H2,1-2H3,(H,20,23)/b10-4+. The fourth-order valence-corrected chi connectivity index (χ4v) is 2.25. The first-order chi connectivity index (χ1) is 12.0. The number of carbonyl (C=O) groups is 1. The van der Waals surface area contributed by atoms with Crippen molar-refractivity contribution in [3.05, 3.63) is 59.7 Å². The third-order valence-electron chi connectivity index (χ3n) is 3.64. The molecule has 0 aromatic heterocycles. The van der Waals surface area contributed by atoms with E-state index in [4.69, 9.17) is 9.47 Å². The summed E-state index contributed by atoms with van der Waals surface area (Å²) in [5.41, 5.74) is 1.58. The summed E-state index contributed by atoms with van der Waals surface area (Å²) in [7, 11) is 3.02.